The van der Waals surface area contributed by atoms with Crippen molar-refractivity contribution in [2.24, 2.45) is 0 Å². The van der Waals surface area contributed by atoms with Gasteiger partial charge in [0.2, 0.25) is 0 Å². The van der Waals surface area contributed by atoms with Crippen molar-refractivity contribution in [3.05, 3.63) is 72.9 Å². The molecule has 1 heteroatoms. The first-order valence-electron chi connectivity index (χ1n) is 18.3. The molecule has 0 saturated carbocycles. The van der Waals surface area contributed by atoms with Gasteiger partial charge in [0.05, 0.1) is 6.10 Å². The monoisotopic (exact) mass is 581 g/mol. The number of hydrogen-bond acceptors (Lipinski definition) is 1. The molecule has 0 aromatic rings. The van der Waals surface area contributed by atoms with Gasteiger partial charge in [-0.2, -0.15) is 0 Å². The Bertz CT molecular complexity index is 677. The minimum Gasteiger partial charge on any atom is -0.379 e. The maximum absolute atomic E-state index is 5.94. The molecule has 0 aromatic carbocycles. The maximum Gasteiger partial charge on any atom is 0.0547 e. The van der Waals surface area contributed by atoms with E-state index in [0.717, 1.165) is 45.1 Å². The van der Waals surface area contributed by atoms with Crippen LogP contribution in [0.4, 0.5) is 0 Å². The van der Waals surface area contributed by atoms with E-state index in [1.54, 1.807) is 0 Å². The lowest BCUT2D eigenvalue weighted by atomic mass is 10.0. The summed E-state index contributed by atoms with van der Waals surface area (Å²) in [7, 11) is 0. The lowest BCUT2D eigenvalue weighted by molar-refractivity contribution is 0.0558. The first-order chi connectivity index (χ1) is 20.8. The molecule has 0 aliphatic heterocycles. The minimum atomic E-state index is 0.458. The van der Waals surface area contributed by atoms with Crippen LogP contribution in [0.2, 0.25) is 0 Å². The van der Waals surface area contributed by atoms with Crippen LogP contribution in [0.25, 0.3) is 0 Å². The molecule has 0 spiro atoms. The van der Waals surface area contributed by atoms with Gasteiger partial charge >= 0.3 is 0 Å². The Morgan fingerprint density at radius 3 is 1.21 bits per heavy atom. The summed E-state index contributed by atoms with van der Waals surface area (Å²) in [5.74, 6) is 0. The van der Waals surface area contributed by atoms with E-state index in [-0.39, 0.29) is 0 Å². The number of hydrogen-bond donors (Lipinski definition) is 0. The molecular weight excluding hydrogens is 508 g/mol. The first-order valence-corrected chi connectivity index (χ1v) is 18.3. The predicted octanol–water partition coefficient (Wildman–Crippen LogP) is 14.1. The number of unbranched alkanes of at least 4 members (excludes halogenated alkanes) is 15. The molecule has 42 heavy (non-hydrogen) atoms. The van der Waals surface area contributed by atoms with Crippen LogP contribution in [-0.4, -0.2) is 12.7 Å². The molecule has 1 nitrogen and oxygen atoms in total. The summed E-state index contributed by atoms with van der Waals surface area (Å²) in [4.78, 5) is 0. The van der Waals surface area contributed by atoms with Crippen LogP contribution in [0.3, 0.4) is 0 Å². The quantitative estimate of drug-likeness (QED) is 0.0568. The molecule has 0 amide bonds. The van der Waals surface area contributed by atoms with Crippen LogP contribution in [0.15, 0.2) is 72.9 Å². The van der Waals surface area contributed by atoms with E-state index < -0.39 is 0 Å². The molecule has 0 aromatic heterocycles. The second-order valence-corrected chi connectivity index (χ2v) is 12.0. The van der Waals surface area contributed by atoms with Crippen molar-refractivity contribution in [2.75, 3.05) is 6.61 Å². The highest BCUT2D eigenvalue weighted by Crippen LogP contribution is 2.14. The Labute approximate surface area is 264 Å². The highest BCUT2D eigenvalue weighted by atomic mass is 16.5. The predicted molar refractivity (Wildman–Crippen MR) is 192 cm³/mol. The molecule has 0 fully saturated rings. The largest absolute Gasteiger partial charge is 0.379 e. The fourth-order valence-corrected chi connectivity index (χ4v) is 5.00. The van der Waals surface area contributed by atoms with Gasteiger partial charge in [0, 0.05) is 6.61 Å². The highest BCUT2D eigenvalue weighted by Gasteiger charge is 2.01. The topological polar surface area (TPSA) is 9.23 Å². The second kappa shape index (κ2) is 37.4. The average Bonchev–Trinajstić information content (AvgIpc) is 2.99. The van der Waals surface area contributed by atoms with E-state index >= 15 is 0 Å². The molecule has 242 valence electrons. The average molecular weight is 581 g/mol. The molecule has 0 N–H and O–H groups in total. The third-order valence-corrected chi connectivity index (χ3v) is 7.73. The Balaban J connectivity index is 3.31. The molecule has 0 heterocycles. The number of rotatable bonds is 32. The first kappa shape index (κ1) is 40.4. The fourth-order valence-electron chi connectivity index (χ4n) is 5.00. The van der Waals surface area contributed by atoms with Gasteiger partial charge in [0.25, 0.3) is 0 Å². The fraction of sp³-hybridized carbons (Fsp3) is 0.707. The molecule has 0 aliphatic rings. The third kappa shape index (κ3) is 36.4. The minimum absolute atomic E-state index is 0.458. The lowest BCUT2D eigenvalue weighted by Crippen LogP contribution is -2.09. The zero-order valence-electron chi connectivity index (χ0n) is 28.6. The van der Waals surface area contributed by atoms with E-state index in [1.165, 1.54) is 116 Å². The summed E-state index contributed by atoms with van der Waals surface area (Å²) in [5, 5.41) is 0. The third-order valence-electron chi connectivity index (χ3n) is 7.73. The normalized spacial score (nSPS) is 13.5. The van der Waals surface area contributed by atoms with Crippen LogP contribution in [-0.2, 0) is 4.74 Å². The van der Waals surface area contributed by atoms with Crippen LogP contribution in [0.5, 0.6) is 0 Å². The Hall–Kier alpha value is -1.60. The van der Waals surface area contributed by atoms with Gasteiger partial charge < -0.3 is 4.74 Å². The maximum atomic E-state index is 5.94. The molecule has 0 bridgehead atoms. The van der Waals surface area contributed by atoms with E-state index in [1.807, 2.05) is 0 Å². The number of ether oxygens (including phenoxy) is 1. The lowest BCUT2D eigenvalue weighted by Gasteiger charge is -2.12. The van der Waals surface area contributed by atoms with Crippen molar-refractivity contribution in [3.63, 3.8) is 0 Å². The van der Waals surface area contributed by atoms with Gasteiger partial charge in [-0.05, 0) is 71.1 Å². The summed E-state index contributed by atoms with van der Waals surface area (Å²) in [5.41, 5.74) is 0. The van der Waals surface area contributed by atoms with Gasteiger partial charge in [-0.25, -0.2) is 0 Å². The number of allylic oxidation sites excluding steroid dienone is 12. The zero-order valence-corrected chi connectivity index (χ0v) is 28.6. The summed E-state index contributed by atoms with van der Waals surface area (Å²) in [6, 6.07) is 0. The van der Waals surface area contributed by atoms with Crippen LogP contribution in [0, 0.1) is 0 Å². The van der Waals surface area contributed by atoms with E-state index in [2.05, 4.69) is 93.7 Å². The van der Waals surface area contributed by atoms with Crippen molar-refractivity contribution in [1.29, 1.82) is 0 Å². The molecule has 0 saturated heterocycles. The molecule has 0 aliphatic carbocycles. The van der Waals surface area contributed by atoms with E-state index in [9.17, 15) is 0 Å². The Kier molecular flexibility index (Phi) is 36.0. The smallest absolute Gasteiger partial charge is 0.0547 e. The molecular formula is C41H72O. The Morgan fingerprint density at radius 2 is 0.786 bits per heavy atom. The van der Waals surface area contributed by atoms with Crippen LogP contribution < -0.4 is 0 Å². The summed E-state index contributed by atoms with van der Waals surface area (Å²) in [6.45, 7) is 7.65. The van der Waals surface area contributed by atoms with Crippen LogP contribution in [0.1, 0.15) is 175 Å². The van der Waals surface area contributed by atoms with Crippen molar-refractivity contribution in [2.45, 2.75) is 181 Å². The van der Waals surface area contributed by atoms with Crippen molar-refractivity contribution < 1.29 is 4.74 Å². The summed E-state index contributed by atoms with van der Waals surface area (Å²) < 4.78 is 5.94. The van der Waals surface area contributed by atoms with Crippen molar-refractivity contribution >= 4 is 0 Å². The van der Waals surface area contributed by atoms with Gasteiger partial charge in [-0.1, -0.05) is 177 Å². The van der Waals surface area contributed by atoms with Crippen molar-refractivity contribution in [1.82, 2.24) is 0 Å². The molecule has 1 atom stereocenters. The van der Waals surface area contributed by atoms with E-state index in [0.29, 0.717) is 6.10 Å². The summed E-state index contributed by atoms with van der Waals surface area (Å²) in [6.07, 6.45) is 58.7. The van der Waals surface area contributed by atoms with Gasteiger partial charge in [-0.3, -0.25) is 0 Å². The van der Waals surface area contributed by atoms with Gasteiger partial charge in [0.15, 0.2) is 0 Å². The standard InChI is InChI=1S/C41H72O/c1-4-6-8-9-10-11-12-13-14-15-16-17-18-19-20-21-22-23-24-25-26-27-28-29-30-31-32-33-34-35-36-38-40-42-41(3)39-37-7-5-2/h6,8,10-11,13-14,16-17,19-20,22-23,41H,4-5,7,9,12,15,18,21,24-40H2,1-3H3/b8-6-,11-10-,14-13-,17-16-,20-19-,23-22-. The summed E-state index contributed by atoms with van der Waals surface area (Å²) >= 11 is 0. The Morgan fingerprint density at radius 1 is 0.405 bits per heavy atom. The second-order valence-electron chi connectivity index (χ2n) is 12.0. The van der Waals surface area contributed by atoms with E-state index in [4.69, 9.17) is 4.74 Å². The van der Waals surface area contributed by atoms with Crippen molar-refractivity contribution in [3.8, 4) is 0 Å². The molecule has 0 radical (unpaired) electrons. The SMILES string of the molecule is CC/C=C\C/C=C\C/C=C\C/C=C\C/C=C\C/C=C\CCCCCCCCCCCCCCCOC(C)CCCCC. The zero-order chi connectivity index (χ0) is 30.4. The van der Waals surface area contributed by atoms with Crippen LogP contribution >= 0.6 is 0 Å². The van der Waals surface area contributed by atoms with Gasteiger partial charge in [-0.15, -0.1) is 0 Å². The molecule has 1 unspecified atom stereocenters. The molecule has 0 rings (SSSR count). The van der Waals surface area contributed by atoms with Gasteiger partial charge in [0.1, 0.15) is 0 Å². The highest BCUT2D eigenvalue weighted by molar-refractivity contribution is 5.01.